The van der Waals surface area contributed by atoms with Gasteiger partial charge >= 0.3 is 0 Å². The van der Waals surface area contributed by atoms with Gasteiger partial charge < -0.3 is 4.90 Å². The number of carbonyl (C=O) groups is 1. The lowest BCUT2D eigenvalue weighted by Gasteiger charge is -2.16. The summed E-state index contributed by atoms with van der Waals surface area (Å²) < 4.78 is 0. The molecule has 80 valence electrons. The van der Waals surface area contributed by atoms with Crippen LogP contribution >= 0.6 is 24.4 Å². The van der Waals surface area contributed by atoms with Gasteiger partial charge in [0.25, 0.3) is 0 Å². The molecule has 1 aliphatic rings. The molecule has 0 radical (unpaired) electrons. The molecule has 1 amide bonds. The van der Waals surface area contributed by atoms with E-state index in [2.05, 4.69) is 12.6 Å². The van der Waals surface area contributed by atoms with E-state index in [0.29, 0.717) is 6.42 Å². The van der Waals surface area contributed by atoms with Gasteiger partial charge in [-0.15, -0.1) is 11.8 Å². The van der Waals surface area contributed by atoms with Gasteiger partial charge in [0.2, 0.25) is 5.91 Å². The molecule has 1 unspecified atom stereocenters. The van der Waals surface area contributed by atoms with Crippen LogP contribution in [0.4, 0.5) is 5.69 Å². The molecule has 0 aliphatic carbocycles. The highest BCUT2D eigenvalue weighted by molar-refractivity contribution is 7.98. The first kappa shape index (κ1) is 10.9. The number of amides is 1. The summed E-state index contributed by atoms with van der Waals surface area (Å²) in [5.74, 6) is 0.174. The number of thiol groups is 1. The molecule has 0 saturated carbocycles. The van der Waals surface area contributed by atoms with Crippen molar-refractivity contribution >= 4 is 36.0 Å². The van der Waals surface area contributed by atoms with Crippen LogP contribution in [0.25, 0.3) is 0 Å². The molecular weight excluding hydrogens is 226 g/mol. The minimum atomic E-state index is 0.174. The topological polar surface area (TPSA) is 20.3 Å². The van der Waals surface area contributed by atoms with Crippen LogP contribution in [-0.2, 0) is 4.79 Å². The van der Waals surface area contributed by atoms with Crippen LogP contribution in [0.3, 0.4) is 0 Å². The number of hydrogen-bond acceptors (Lipinski definition) is 3. The first-order chi connectivity index (χ1) is 7.20. The summed E-state index contributed by atoms with van der Waals surface area (Å²) in [6.45, 7) is 0.722. The summed E-state index contributed by atoms with van der Waals surface area (Å²) in [4.78, 5) is 14.7. The Morgan fingerprint density at radius 1 is 1.53 bits per heavy atom. The molecule has 0 bridgehead atoms. The molecule has 0 N–H and O–H groups in total. The molecule has 2 nitrogen and oxygen atoms in total. The van der Waals surface area contributed by atoms with E-state index in [1.807, 2.05) is 35.4 Å². The molecule has 4 heteroatoms. The van der Waals surface area contributed by atoms with Crippen molar-refractivity contribution < 1.29 is 4.79 Å². The Balaban J connectivity index is 2.25. The van der Waals surface area contributed by atoms with E-state index >= 15 is 0 Å². The Bertz CT molecular complexity index is 381. The summed E-state index contributed by atoms with van der Waals surface area (Å²) in [5, 5.41) is 0.176. The fourth-order valence-corrected chi connectivity index (χ4v) is 2.49. The maximum absolute atomic E-state index is 11.7. The highest BCUT2D eigenvalue weighted by atomic mass is 32.2. The molecule has 1 heterocycles. The Morgan fingerprint density at radius 3 is 2.93 bits per heavy atom. The van der Waals surface area contributed by atoms with Crippen LogP contribution < -0.4 is 4.90 Å². The second-order valence-electron chi connectivity index (χ2n) is 3.56. The van der Waals surface area contributed by atoms with Crippen molar-refractivity contribution in [2.45, 2.75) is 16.6 Å². The van der Waals surface area contributed by atoms with Gasteiger partial charge in [0.1, 0.15) is 0 Å². The molecule has 15 heavy (non-hydrogen) atoms. The molecule has 1 aliphatic heterocycles. The number of nitrogens with zero attached hydrogens (tertiary/aromatic N) is 1. The first-order valence-electron chi connectivity index (χ1n) is 4.83. The van der Waals surface area contributed by atoms with E-state index in [0.717, 1.165) is 12.2 Å². The molecule has 1 fully saturated rings. The highest BCUT2D eigenvalue weighted by Crippen LogP contribution is 2.27. The lowest BCUT2D eigenvalue weighted by atomic mass is 10.3. The third kappa shape index (κ3) is 2.32. The number of anilines is 1. The van der Waals surface area contributed by atoms with Gasteiger partial charge in [-0.25, -0.2) is 0 Å². The Kier molecular flexibility index (Phi) is 3.26. The first-order valence-corrected chi connectivity index (χ1v) is 6.57. The van der Waals surface area contributed by atoms with E-state index in [4.69, 9.17) is 0 Å². The molecule has 2 rings (SSSR count). The number of hydrogen-bond donors (Lipinski definition) is 1. The maximum atomic E-state index is 11.7. The fraction of sp³-hybridized carbons (Fsp3) is 0.364. The third-order valence-corrected chi connectivity index (χ3v) is 3.54. The van der Waals surface area contributed by atoms with Crippen molar-refractivity contribution in [3.63, 3.8) is 0 Å². The minimum absolute atomic E-state index is 0.174. The van der Waals surface area contributed by atoms with Gasteiger partial charge in [0, 0.05) is 28.8 Å². The summed E-state index contributed by atoms with van der Waals surface area (Å²) in [7, 11) is 0. The Morgan fingerprint density at radius 2 is 2.33 bits per heavy atom. The second-order valence-corrected chi connectivity index (χ2v) is 5.17. The van der Waals surface area contributed by atoms with Crippen LogP contribution in [0, 0.1) is 0 Å². The van der Waals surface area contributed by atoms with Gasteiger partial charge in [-0.3, -0.25) is 4.79 Å². The molecule has 0 spiro atoms. The fourth-order valence-electron chi connectivity index (χ4n) is 1.72. The standard InChI is InChI=1S/C11H13NOS2/c1-15-10-4-2-3-8(5-10)12-7-9(14)6-11(12)13/h2-5,9,14H,6-7H2,1H3. The van der Waals surface area contributed by atoms with E-state index in [9.17, 15) is 4.79 Å². The molecule has 1 atom stereocenters. The Hall–Kier alpha value is -0.610. The van der Waals surface area contributed by atoms with Gasteiger partial charge in [0.15, 0.2) is 0 Å². The van der Waals surface area contributed by atoms with Gasteiger partial charge in [-0.05, 0) is 24.5 Å². The van der Waals surface area contributed by atoms with E-state index in [-0.39, 0.29) is 11.2 Å². The van der Waals surface area contributed by atoms with Crippen molar-refractivity contribution in [2.24, 2.45) is 0 Å². The van der Waals surface area contributed by atoms with Crippen LogP contribution in [0.15, 0.2) is 29.2 Å². The summed E-state index contributed by atoms with van der Waals surface area (Å²) in [6.07, 6.45) is 2.58. The van der Waals surface area contributed by atoms with Crippen molar-refractivity contribution in [3.05, 3.63) is 24.3 Å². The molecule has 1 aromatic carbocycles. The third-order valence-electron chi connectivity index (χ3n) is 2.47. The number of thioether (sulfide) groups is 1. The molecule has 1 saturated heterocycles. The Labute approximate surface area is 99.4 Å². The van der Waals surface area contributed by atoms with Crippen LogP contribution in [0.1, 0.15) is 6.42 Å². The van der Waals surface area contributed by atoms with E-state index < -0.39 is 0 Å². The molecular formula is C11H13NOS2. The van der Waals surface area contributed by atoms with Crippen LogP contribution in [0.2, 0.25) is 0 Å². The normalized spacial score (nSPS) is 21.1. The number of rotatable bonds is 2. The predicted octanol–water partition coefficient (Wildman–Crippen LogP) is 2.44. The zero-order valence-corrected chi connectivity index (χ0v) is 10.2. The zero-order valence-electron chi connectivity index (χ0n) is 8.51. The lowest BCUT2D eigenvalue weighted by molar-refractivity contribution is -0.117. The average Bonchev–Trinajstić information content (AvgIpc) is 2.58. The quantitative estimate of drug-likeness (QED) is 0.632. The van der Waals surface area contributed by atoms with Gasteiger partial charge in [-0.1, -0.05) is 6.07 Å². The largest absolute Gasteiger partial charge is 0.311 e. The van der Waals surface area contributed by atoms with E-state index in [1.165, 1.54) is 4.90 Å². The monoisotopic (exact) mass is 239 g/mol. The smallest absolute Gasteiger partial charge is 0.228 e. The van der Waals surface area contributed by atoms with Crippen molar-refractivity contribution in [2.75, 3.05) is 17.7 Å². The minimum Gasteiger partial charge on any atom is -0.311 e. The second kappa shape index (κ2) is 4.49. The van der Waals surface area contributed by atoms with Crippen LogP contribution in [-0.4, -0.2) is 24.0 Å². The van der Waals surface area contributed by atoms with Crippen LogP contribution in [0.5, 0.6) is 0 Å². The zero-order chi connectivity index (χ0) is 10.8. The number of benzene rings is 1. The summed E-state index contributed by atoms with van der Waals surface area (Å²) in [5.41, 5.74) is 0.989. The van der Waals surface area contributed by atoms with Gasteiger partial charge in [0.05, 0.1) is 0 Å². The van der Waals surface area contributed by atoms with Crippen molar-refractivity contribution in [1.82, 2.24) is 0 Å². The SMILES string of the molecule is CSc1cccc(N2CC(S)CC2=O)c1. The highest BCUT2D eigenvalue weighted by Gasteiger charge is 2.28. The summed E-state index contributed by atoms with van der Waals surface area (Å²) >= 11 is 6.03. The molecule has 0 aromatic heterocycles. The number of carbonyl (C=O) groups excluding carboxylic acids is 1. The predicted molar refractivity (Wildman–Crippen MR) is 68.0 cm³/mol. The average molecular weight is 239 g/mol. The molecule has 1 aromatic rings. The lowest BCUT2D eigenvalue weighted by Crippen LogP contribution is -2.24. The van der Waals surface area contributed by atoms with E-state index in [1.54, 1.807) is 11.8 Å². The van der Waals surface area contributed by atoms with Crippen molar-refractivity contribution in [1.29, 1.82) is 0 Å². The summed E-state index contributed by atoms with van der Waals surface area (Å²) in [6, 6.07) is 8.06. The maximum Gasteiger partial charge on any atom is 0.228 e. The van der Waals surface area contributed by atoms with Crippen molar-refractivity contribution in [3.8, 4) is 0 Å². The van der Waals surface area contributed by atoms with Gasteiger partial charge in [-0.2, -0.15) is 12.6 Å².